The highest BCUT2D eigenvalue weighted by atomic mass is 16.3. The lowest BCUT2D eigenvalue weighted by atomic mass is 9.92. The van der Waals surface area contributed by atoms with E-state index in [0.717, 1.165) is 19.4 Å². The largest absolute Gasteiger partial charge is 0.393 e. The Morgan fingerprint density at radius 1 is 1.45 bits per heavy atom. The van der Waals surface area contributed by atoms with Gasteiger partial charge in [0.2, 0.25) is 0 Å². The Bertz CT molecular complexity index is 125. The molecule has 1 heterocycles. The number of hydrogen-bond acceptors (Lipinski definition) is 2. The van der Waals surface area contributed by atoms with Gasteiger partial charge >= 0.3 is 0 Å². The molecule has 0 bridgehead atoms. The average Bonchev–Trinajstić information content (AvgIpc) is 1.94. The lowest BCUT2D eigenvalue weighted by Gasteiger charge is -2.37. The van der Waals surface area contributed by atoms with Gasteiger partial charge < -0.3 is 10.0 Å². The first-order valence-electron chi connectivity index (χ1n) is 4.49. The van der Waals surface area contributed by atoms with Crippen LogP contribution in [-0.4, -0.2) is 35.7 Å². The number of piperidine rings is 1. The first-order valence-corrected chi connectivity index (χ1v) is 4.49. The van der Waals surface area contributed by atoms with E-state index < -0.39 is 0 Å². The van der Waals surface area contributed by atoms with Crippen LogP contribution in [0.4, 0.5) is 0 Å². The van der Waals surface area contributed by atoms with E-state index in [1.165, 1.54) is 0 Å². The molecule has 1 N–H and O–H groups in total. The number of aliphatic hydroxyl groups is 1. The molecule has 1 aliphatic heterocycles. The Hall–Kier alpha value is -0.0800. The summed E-state index contributed by atoms with van der Waals surface area (Å²) in [6.07, 6.45) is 1.84. The molecule has 1 fully saturated rings. The van der Waals surface area contributed by atoms with Crippen molar-refractivity contribution in [1.82, 2.24) is 4.90 Å². The predicted molar refractivity (Wildman–Crippen MR) is 46.5 cm³/mol. The molecule has 2 atom stereocenters. The van der Waals surface area contributed by atoms with Crippen LogP contribution in [0.3, 0.4) is 0 Å². The van der Waals surface area contributed by atoms with Gasteiger partial charge in [0.15, 0.2) is 0 Å². The Morgan fingerprint density at radius 3 is 2.55 bits per heavy atom. The molecule has 0 saturated carbocycles. The van der Waals surface area contributed by atoms with Gasteiger partial charge in [-0.1, -0.05) is 13.8 Å². The van der Waals surface area contributed by atoms with Crippen molar-refractivity contribution >= 4 is 0 Å². The van der Waals surface area contributed by atoms with Gasteiger partial charge in [-0.05, 0) is 25.8 Å². The number of rotatable bonds is 1. The molecular formula is C9H19NO. The van der Waals surface area contributed by atoms with Gasteiger partial charge in [-0.25, -0.2) is 0 Å². The fourth-order valence-electron chi connectivity index (χ4n) is 1.88. The third-order valence-electron chi connectivity index (χ3n) is 2.66. The smallest absolute Gasteiger partial charge is 0.0567 e. The fourth-order valence-corrected chi connectivity index (χ4v) is 1.88. The quantitative estimate of drug-likeness (QED) is 0.616. The summed E-state index contributed by atoms with van der Waals surface area (Å²) >= 11 is 0. The summed E-state index contributed by atoms with van der Waals surface area (Å²) in [5.74, 6) is 0.662. The molecule has 1 aliphatic rings. The van der Waals surface area contributed by atoms with Crippen molar-refractivity contribution in [3.63, 3.8) is 0 Å². The number of aliphatic hydroxyl groups excluding tert-OH is 1. The molecule has 11 heavy (non-hydrogen) atoms. The maximum atomic E-state index is 9.42. The van der Waals surface area contributed by atoms with Crippen LogP contribution in [0.2, 0.25) is 0 Å². The minimum absolute atomic E-state index is 0.0569. The Balaban J connectivity index is 2.47. The Labute approximate surface area is 69.2 Å². The van der Waals surface area contributed by atoms with Crippen LogP contribution >= 0.6 is 0 Å². The standard InChI is InChI=1S/C9H19NO/c1-7(2)9-6-8(11)4-5-10(9)3/h7-9,11H,4-6H2,1-3H3/t8-,9?/m0/s1. The minimum Gasteiger partial charge on any atom is -0.393 e. The van der Waals surface area contributed by atoms with Crippen LogP contribution in [0.25, 0.3) is 0 Å². The molecule has 1 rings (SSSR count). The lowest BCUT2D eigenvalue weighted by molar-refractivity contribution is 0.0378. The van der Waals surface area contributed by atoms with E-state index in [0.29, 0.717) is 12.0 Å². The second kappa shape index (κ2) is 3.55. The van der Waals surface area contributed by atoms with Crippen molar-refractivity contribution in [3.8, 4) is 0 Å². The number of nitrogens with zero attached hydrogens (tertiary/aromatic N) is 1. The van der Waals surface area contributed by atoms with E-state index in [1.807, 2.05) is 0 Å². The molecule has 0 aromatic rings. The highest BCUT2D eigenvalue weighted by molar-refractivity contribution is 4.81. The summed E-state index contributed by atoms with van der Waals surface area (Å²) in [7, 11) is 2.15. The first kappa shape index (κ1) is 9.01. The fraction of sp³-hybridized carbons (Fsp3) is 1.00. The summed E-state index contributed by atoms with van der Waals surface area (Å²) < 4.78 is 0. The third kappa shape index (κ3) is 2.17. The Morgan fingerprint density at radius 2 is 2.09 bits per heavy atom. The first-order chi connectivity index (χ1) is 5.11. The topological polar surface area (TPSA) is 23.5 Å². The second-order valence-corrected chi connectivity index (χ2v) is 3.97. The molecule has 1 saturated heterocycles. The highest BCUT2D eigenvalue weighted by Gasteiger charge is 2.26. The molecule has 0 spiro atoms. The van der Waals surface area contributed by atoms with Crippen molar-refractivity contribution in [2.24, 2.45) is 5.92 Å². The van der Waals surface area contributed by atoms with Crippen molar-refractivity contribution in [1.29, 1.82) is 0 Å². The van der Waals surface area contributed by atoms with Crippen molar-refractivity contribution in [2.45, 2.75) is 38.8 Å². The molecule has 0 aromatic carbocycles. The molecule has 66 valence electrons. The van der Waals surface area contributed by atoms with Crippen LogP contribution < -0.4 is 0 Å². The molecule has 2 nitrogen and oxygen atoms in total. The van der Waals surface area contributed by atoms with E-state index in [4.69, 9.17) is 0 Å². The molecule has 2 heteroatoms. The molecular weight excluding hydrogens is 138 g/mol. The van der Waals surface area contributed by atoms with E-state index in [9.17, 15) is 5.11 Å². The van der Waals surface area contributed by atoms with Crippen LogP contribution in [0.15, 0.2) is 0 Å². The zero-order valence-electron chi connectivity index (χ0n) is 7.75. The molecule has 0 radical (unpaired) electrons. The summed E-state index contributed by atoms with van der Waals surface area (Å²) in [6.45, 7) is 5.49. The lowest BCUT2D eigenvalue weighted by Crippen LogP contribution is -2.44. The minimum atomic E-state index is -0.0569. The van der Waals surface area contributed by atoms with Gasteiger partial charge in [0.05, 0.1) is 6.10 Å². The van der Waals surface area contributed by atoms with Crippen LogP contribution in [0.5, 0.6) is 0 Å². The average molecular weight is 157 g/mol. The summed E-state index contributed by atoms with van der Waals surface area (Å²) in [5.41, 5.74) is 0. The molecule has 0 amide bonds. The van der Waals surface area contributed by atoms with Gasteiger partial charge in [-0.3, -0.25) is 0 Å². The molecule has 1 unspecified atom stereocenters. The van der Waals surface area contributed by atoms with Crippen LogP contribution in [-0.2, 0) is 0 Å². The van der Waals surface area contributed by atoms with E-state index in [1.54, 1.807) is 0 Å². The summed E-state index contributed by atoms with van der Waals surface area (Å²) in [6, 6.07) is 0.582. The van der Waals surface area contributed by atoms with Gasteiger partial charge in [-0.2, -0.15) is 0 Å². The maximum Gasteiger partial charge on any atom is 0.0567 e. The predicted octanol–water partition coefficient (Wildman–Crippen LogP) is 1.10. The molecule has 0 aliphatic carbocycles. The van der Waals surface area contributed by atoms with Crippen molar-refractivity contribution in [2.75, 3.05) is 13.6 Å². The van der Waals surface area contributed by atoms with Crippen LogP contribution in [0, 0.1) is 5.92 Å². The molecule has 0 aromatic heterocycles. The monoisotopic (exact) mass is 157 g/mol. The van der Waals surface area contributed by atoms with Gasteiger partial charge in [0, 0.05) is 12.6 Å². The van der Waals surface area contributed by atoms with Gasteiger partial charge in [-0.15, -0.1) is 0 Å². The van der Waals surface area contributed by atoms with E-state index >= 15 is 0 Å². The van der Waals surface area contributed by atoms with Gasteiger partial charge in [0.1, 0.15) is 0 Å². The van der Waals surface area contributed by atoms with Crippen LogP contribution in [0.1, 0.15) is 26.7 Å². The summed E-state index contributed by atoms with van der Waals surface area (Å²) in [5, 5.41) is 9.42. The normalized spacial score (nSPS) is 34.6. The van der Waals surface area contributed by atoms with Crippen molar-refractivity contribution < 1.29 is 5.11 Å². The zero-order chi connectivity index (χ0) is 8.43. The summed E-state index contributed by atoms with van der Waals surface area (Å²) in [4.78, 5) is 2.36. The van der Waals surface area contributed by atoms with E-state index in [-0.39, 0.29) is 6.10 Å². The van der Waals surface area contributed by atoms with E-state index in [2.05, 4.69) is 25.8 Å². The van der Waals surface area contributed by atoms with Crippen molar-refractivity contribution in [3.05, 3.63) is 0 Å². The number of hydrogen-bond donors (Lipinski definition) is 1. The highest BCUT2D eigenvalue weighted by Crippen LogP contribution is 2.21. The SMILES string of the molecule is CC(C)C1C[C@@H](O)CCN1C. The second-order valence-electron chi connectivity index (χ2n) is 3.97. The number of likely N-dealkylation sites (tertiary alicyclic amines) is 1. The maximum absolute atomic E-state index is 9.42. The Kier molecular flexibility index (Phi) is 2.90. The third-order valence-corrected chi connectivity index (χ3v) is 2.66. The van der Waals surface area contributed by atoms with Gasteiger partial charge in [0.25, 0.3) is 0 Å². The zero-order valence-corrected chi connectivity index (χ0v) is 7.75.